The van der Waals surface area contributed by atoms with Crippen molar-refractivity contribution in [1.29, 1.82) is 0 Å². The summed E-state index contributed by atoms with van der Waals surface area (Å²) in [5.41, 5.74) is 2.19. The molecule has 0 spiro atoms. The highest BCUT2D eigenvalue weighted by Crippen LogP contribution is 2.11. The molecule has 0 aliphatic carbocycles. The van der Waals surface area contributed by atoms with Gasteiger partial charge in [0.15, 0.2) is 5.78 Å². The minimum absolute atomic E-state index is 0.0606. The number of nitrogens with zero attached hydrogens (tertiary/aromatic N) is 1. The summed E-state index contributed by atoms with van der Waals surface area (Å²) in [6, 6.07) is 16.3. The normalized spacial score (nSPS) is 11.4. The van der Waals surface area contributed by atoms with E-state index in [1.807, 2.05) is 30.3 Å². The summed E-state index contributed by atoms with van der Waals surface area (Å²) in [6.07, 6.45) is 2.46. The number of rotatable bonds is 9. The summed E-state index contributed by atoms with van der Waals surface area (Å²) in [7, 11) is -3.50. The van der Waals surface area contributed by atoms with E-state index < -0.39 is 15.9 Å². The first-order valence-corrected chi connectivity index (χ1v) is 10.5. The summed E-state index contributed by atoms with van der Waals surface area (Å²) in [5.74, 6) is -0.481. The van der Waals surface area contributed by atoms with Crippen LogP contribution in [0.2, 0.25) is 0 Å². The van der Waals surface area contributed by atoms with Gasteiger partial charge < -0.3 is 5.32 Å². The van der Waals surface area contributed by atoms with Crippen LogP contribution >= 0.6 is 0 Å². The highest BCUT2D eigenvalue weighted by molar-refractivity contribution is 7.88. The van der Waals surface area contributed by atoms with Crippen LogP contribution in [0.1, 0.15) is 29.3 Å². The van der Waals surface area contributed by atoms with Crippen LogP contribution in [0.3, 0.4) is 0 Å². The number of benzene rings is 2. The topological polar surface area (TPSA) is 83.6 Å². The molecule has 0 unspecified atom stereocenters. The lowest BCUT2D eigenvalue weighted by Crippen LogP contribution is -2.38. The number of aryl methyl sites for hydroxylation is 1. The molecule has 0 aliphatic rings. The second-order valence-corrected chi connectivity index (χ2v) is 8.35. The van der Waals surface area contributed by atoms with E-state index in [2.05, 4.69) is 5.32 Å². The lowest BCUT2D eigenvalue weighted by atomic mass is 10.1. The van der Waals surface area contributed by atoms with Crippen LogP contribution < -0.4 is 5.32 Å². The molecule has 0 aliphatic heterocycles. The van der Waals surface area contributed by atoms with Gasteiger partial charge in [-0.1, -0.05) is 30.3 Å². The molecular weight excluding hydrogens is 364 g/mol. The molecule has 0 saturated heterocycles. The van der Waals surface area contributed by atoms with Crippen LogP contribution in [-0.4, -0.2) is 43.8 Å². The summed E-state index contributed by atoms with van der Waals surface area (Å²) >= 11 is 0. The number of hydrogen-bond acceptors (Lipinski definition) is 4. The Balaban J connectivity index is 1.92. The van der Waals surface area contributed by atoms with Crippen molar-refractivity contribution in [2.24, 2.45) is 0 Å². The van der Waals surface area contributed by atoms with E-state index >= 15 is 0 Å². The molecule has 2 aromatic carbocycles. The Morgan fingerprint density at radius 3 is 2.19 bits per heavy atom. The van der Waals surface area contributed by atoms with Crippen molar-refractivity contribution < 1.29 is 18.0 Å². The number of anilines is 1. The predicted molar refractivity (Wildman–Crippen MR) is 106 cm³/mol. The highest BCUT2D eigenvalue weighted by Gasteiger charge is 2.19. The van der Waals surface area contributed by atoms with Gasteiger partial charge in [-0.2, -0.15) is 4.31 Å². The molecule has 0 atom stereocenters. The zero-order chi connectivity index (χ0) is 19.9. The van der Waals surface area contributed by atoms with Gasteiger partial charge >= 0.3 is 0 Å². The Hall–Kier alpha value is -2.51. The van der Waals surface area contributed by atoms with Gasteiger partial charge in [-0.25, -0.2) is 8.42 Å². The van der Waals surface area contributed by atoms with E-state index in [0.29, 0.717) is 17.7 Å². The summed E-state index contributed by atoms with van der Waals surface area (Å²) in [5, 5.41) is 2.66. The molecule has 0 heterocycles. The molecule has 0 bridgehead atoms. The van der Waals surface area contributed by atoms with Crippen LogP contribution in [0.25, 0.3) is 0 Å². The second kappa shape index (κ2) is 9.43. The monoisotopic (exact) mass is 388 g/mol. The average molecular weight is 388 g/mol. The third-order valence-corrected chi connectivity index (χ3v) is 5.33. The van der Waals surface area contributed by atoms with Crippen LogP contribution in [0.4, 0.5) is 5.69 Å². The van der Waals surface area contributed by atoms with Gasteiger partial charge in [-0.3, -0.25) is 9.59 Å². The van der Waals surface area contributed by atoms with E-state index in [1.54, 1.807) is 24.3 Å². The number of carbonyl (C=O) groups is 2. The van der Waals surface area contributed by atoms with Crippen LogP contribution in [0.15, 0.2) is 54.6 Å². The Morgan fingerprint density at radius 2 is 1.63 bits per heavy atom. The minimum atomic E-state index is -3.50. The minimum Gasteiger partial charge on any atom is -0.325 e. The maximum absolute atomic E-state index is 12.2. The molecule has 7 heteroatoms. The fraction of sp³-hybridized carbons (Fsp3) is 0.300. The van der Waals surface area contributed by atoms with Gasteiger partial charge in [0.05, 0.1) is 12.8 Å². The van der Waals surface area contributed by atoms with Crippen molar-refractivity contribution in [3.63, 3.8) is 0 Å². The number of amides is 1. The van der Waals surface area contributed by atoms with Gasteiger partial charge in [0.25, 0.3) is 0 Å². The standard InChI is InChI=1S/C20H24N2O4S/c1-16(23)18-10-12-19(13-11-18)21-20(24)15-22(27(2,25)26)14-6-9-17-7-4-3-5-8-17/h3-5,7-8,10-13H,6,9,14-15H2,1-2H3,(H,21,24). The van der Waals surface area contributed by atoms with E-state index in [-0.39, 0.29) is 18.9 Å². The third-order valence-electron chi connectivity index (χ3n) is 4.08. The lowest BCUT2D eigenvalue weighted by Gasteiger charge is -2.19. The molecule has 2 rings (SSSR count). The third kappa shape index (κ3) is 6.96. The molecule has 27 heavy (non-hydrogen) atoms. The quantitative estimate of drug-likeness (QED) is 0.670. The van der Waals surface area contributed by atoms with Crippen LogP contribution in [0, 0.1) is 0 Å². The van der Waals surface area contributed by atoms with Gasteiger partial charge in [0.2, 0.25) is 15.9 Å². The maximum atomic E-state index is 12.2. The van der Waals surface area contributed by atoms with E-state index in [0.717, 1.165) is 18.2 Å². The van der Waals surface area contributed by atoms with E-state index in [9.17, 15) is 18.0 Å². The molecule has 144 valence electrons. The van der Waals surface area contributed by atoms with Crippen molar-refractivity contribution in [3.8, 4) is 0 Å². The first-order chi connectivity index (χ1) is 12.8. The summed E-state index contributed by atoms with van der Waals surface area (Å²) in [6.45, 7) is 1.49. The fourth-order valence-corrected chi connectivity index (χ4v) is 3.43. The van der Waals surface area contributed by atoms with Crippen molar-refractivity contribution >= 4 is 27.4 Å². The fourth-order valence-electron chi connectivity index (χ4n) is 2.62. The largest absolute Gasteiger partial charge is 0.325 e. The number of hydrogen-bond donors (Lipinski definition) is 1. The Morgan fingerprint density at radius 1 is 1.00 bits per heavy atom. The van der Waals surface area contributed by atoms with E-state index in [4.69, 9.17) is 0 Å². The van der Waals surface area contributed by atoms with Crippen molar-refractivity contribution in [2.75, 3.05) is 24.7 Å². The molecule has 1 amide bonds. The Kier molecular flexibility index (Phi) is 7.27. The molecule has 1 N–H and O–H groups in total. The predicted octanol–water partition coefficient (Wildman–Crippen LogP) is 2.72. The molecular formula is C20H24N2O4S. The molecule has 0 fully saturated rings. The highest BCUT2D eigenvalue weighted by atomic mass is 32.2. The first kappa shape index (κ1) is 20.8. The Labute approximate surface area is 160 Å². The SMILES string of the molecule is CC(=O)c1ccc(NC(=O)CN(CCCc2ccccc2)S(C)(=O)=O)cc1. The van der Waals surface area contributed by atoms with Crippen LogP contribution in [0.5, 0.6) is 0 Å². The van der Waals surface area contributed by atoms with Gasteiger partial charge in [-0.05, 0) is 49.6 Å². The number of Topliss-reactive ketones (excluding diaryl/α,β-unsaturated/α-hetero) is 1. The van der Waals surface area contributed by atoms with Crippen molar-refractivity contribution in [2.45, 2.75) is 19.8 Å². The van der Waals surface area contributed by atoms with Crippen LogP contribution in [-0.2, 0) is 21.2 Å². The molecule has 0 saturated carbocycles. The smallest absolute Gasteiger partial charge is 0.239 e. The zero-order valence-corrected chi connectivity index (χ0v) is 16.3. The lowest BCUT2D eigenvalue weighted by molar-refractivity contribution is -0.116. The van der Waals surface area contributed by atoms with Crippen molar-refractivity contribution in [1.82, 2.24) is 4.31 Å². The van der Waals surface area contributed by atoms with Gasteiger partial charge in [0.1, 0.15) is 0 Å². The second-order valence-electron chi connectivity index (χ2n) is 6.37. The molecule has 2 aromatic rings. The van der Waals surface area contributed by atoms with E-state index in [1.165, 1.54) is 11.2 Å². The van der Waals surface area contributed by atoms with Gasteiger partial charge in [-0.15, -0.1) is 0 Å². The maximum Gasteiger partial charge on any atom is 0.239 e. The first-order valence-electron chi connectivity index (χ1n) is 8.65. The number of carbonyl (C=O) groups excluding carboxylic acids is 2. The zero-order valence-electron chi connectivity index (χ0n) is 15.5. The summed E-state index contributed by atoms with van der Waals surface area (Å²) in [4.78, 5) is 23.5. The molecule has 6 nitrogen and oxygen atoms in total. The number of nitrogens with one attached hydrogen (secondary N) is 1. The summed E-state index contributed by atoms with van der Waals surface area (Å²) < 4.78 is 25.2. The Bertz CT molecular complexity index is 878. The number of sulfonamides is 1. The van der Waals surface area contributed by atoms with Gasteiger partial charge in [0, 0.05) is 17.8 Å². The number of ketones is 1. The molecule has 0 aromatic heterocycles. The average Bonchev–Trinajstić information content (AvgIpc) is 2.61. The van der Waals surface area contributed by atoms with Crippen molar-refractivity contribution in [3.05, 3.63) is 65.7 Å². The molecule has 0 radical (unpaired) electrons.